The Balaban J connectivity index is 1.32. The first-order chi connectivity index (χ1) is 23.2. The Morgan fingerprint density at radius 1 is 1.08 bits per heavy atom. The van der Waals surface area contributed by atoms with Gasteiger partial charge >= 0.3 is 5.97 Å². The van der Waals surface area contributed by atoms with Crippen molar-refractivity contribution in [2.24, 2.45) is 22.7 Å². The molecule has 13 heteroatoms. The van der Waals surface area contributed by atoms with Crippen LogP contribution >= 0.6 is 0 Å². The summed E-state index contributed by atoms with van der Waals surface area (Å²) in [6.45, 7) is 8.23. The summed E-state index contributed by atoms with van der Waals surface area (Å²) in [6, 6.07) is 6.55. The number of pyridine rings is 1. The zero-order chi connectivity index (χ0) is 35.1. The number of nitrogens with one attached hydrogen (secondary N) is 1. The summed E-state index contributed by atoms with van der Waals surface area (Å²) in [5.41, 5.74) is -1.80. The Morgan fingerprint density at radius 2 is 1.82 bits per heavy atom. The fourth-order valence-electron chi connectivity index (χ4n) is 7.28. The third-order valence-corrected chi connectivity index (χ3v) is 12.4. The number of cyclic esters (lactones) is 1. The van der Waals surface area contributed by atoms with Crippen molar-refractivity contribution in [3.05, 3.63) is 30.5 Å². The van der Waals surface area contributed by atoms with Gasteiger partial charge in [0, 0.05) is 24.4 Å². The highest BCUT2D eigenvalue weighted by Gasteiger charge is 2.61. The van der Waals surface area contributed by atoms with Gasteiger partial charge in [-0.25, -0.2) is 13.4 Å². The number of fused-ring (bicyclic) bond motifs is 3. The summed E-state index contributed by atoms with van der Waals surface area (Å²) in [4.78, 5) is 61.3. The Morgan fingerprint density at radius 3 is 2.49 bits per heavy atom. The fourth-order valence-corrected chi connectivity index (χ4v) is 8.66. The number of sulfonamides is 1. The van der Waals surface area contributed by atoms with E-state index in [4.69, 9.17) is 14.2 Å². The van der Waals surface area contributed by atoms with E-state index in [9.17, 15) is 27.6 Å². The molecular weight excluding hydrogens is 650 g/mol. The van der Waals surface area contributed by atoms with E-state index in [1.54, 1.807) is 6.20 Å². The quantitative estimate of drug-likeness (QED) is 0.413. The Hall–Kier alpha value is -3.74. The van der Waals surface area contributed by atoms with E-state index in [2.05, 4.69) is 9.71 Å². The summed E-state index contributed by atoms with van der Waals surface area (Å²) in [5.74, 6) is -1.81. The minimum absolute atomic E-state index is 0.0671. The third kappa shape index (κ3) is 7.56. The highest BCUT2D eigenvalue weighted by Crippen LogP contribution is 2.58. The van der Waals surface area contributed by atoms with Gasteiger partial charge in [0.2, 0.25) is 27.7 Å². The zero-order valence-corrected chi connectivity index (χ0v) is 29.6. The van der Waals surface area contributed by atoms with Crippen LogP contribution < -0.4 is 14.2 Å². The first-order valence-electron chi connectivity index (χ1n) is 17.4. The first-order valence-corrected chi connectivity index (χ1v) is 19.0. The van der Waals surface area contributed by atoms with Crippen molar-refractivity contribution < 1.29 is 41.8 Å². The van der Waals surface area contributed by atoms with Crippen LogP contribution in [-0.2, 0) is 33.9 Å². The van der Waals surface area contributed by atoms with Gasteiger partial charge in [0.25, 0.3) is 0 Å². The van der Waals surface area contributed by atoms with E-state index in [1.165, 1.54) is 4.90 Å². The highest BCUT2D eigenvalue weighted by molar-refractivity contribution is 7.90. The topological polar surface area (TPSA) is 158 Å². The third-order valence-electron chi connectivity index (χ3n) is 10.5. The molecule has 3 heterocycles. The molecule has 0 radical (unpaired) electrons. The lowest BCUT2D eigenvalue weighted by atomic mass is 9.77. The Bertz CT molecular complexity index is 1730. The highest BCUT2D eigenvalue weighted by atomic mass is 32.2. The molecule has 0 spiro atoms. The molecule has 4 bridgehead atoms. The van der Waals surface area contributed by atoms with Crippen molar-refractivity contribution in [2.45, 2.75) is 103 Å². The van der Waals surface area contributed by atoms with E-state index < -0.39 is 56.0 Å². The monoisotopic (exact) mass is 697 g/mol. The predicted molar refractivity (Wildman–Crippen MR) is 180 cm³/mol. The number of esters is 1. The Labute approximate surface area is 287 Å². The Kier molecular flexibility index (Phi) is 9.69. The fraction of sp³-hybridized carbons (Fsp3) is 0.639. The molecule has 1 aromatic heterocycles. The van der Waals surface area contributed by atoms with Crippen molar-refractivity contribution in [3.63, 3.8) is 0 Å². The average Bonchev–Trinajstić information content (AvgIpc) is 3.97. The van der Waals surface area contributed by atoms with E-state index >= 15 is 0 Å². The zero-order valence-electron chi connectivity index (χ0n) is 28.7. The van der Waals surface area contributed by atoms with Gasteiger partial charge in [-0.05, 0) is 67.0 Å². The van der Waals surface area contributed by atoms with Crippen LogP contribution in [0.25, 0.3) is 10.8 Å². The lowest BCUT2D eigenvalue weighted by Crippen LogP contribution is -2.48. The number of ether oxygens (including phenoxy) is 3. The van der Waals surface area contributed by atoms with Crippen LogP contribution in [0.2, 0.25) is 0 Å². The number of aromatic nitrogens is 1. The predicted octanol–water partition coefficient (Wildman–Crippen LogP) is 4.34. The molecule has 266 valence electrons. The second-order valence-corrected chi connectivity index (χ2v) is 17.1. The number of hydrogen-bond acceptors (Lipinski definition) is 10. The molecule has 1 unspecified atom stereocenters. The number of amides is 2. The van der Waals surface area contributed by atoms with E-state index in [0.717, 1.165) is 10.8 Å². The second kappa shape index (κ2) is 13.5. The number of carbonyl (C=O) groups is 4. The minimum Gasteiger partial charge on any atom is -0.494 e. The number of nitrogens with zero attached hydrogens (tertiary/aromatic N) is 2. The van der Waals surface area contributed by atoms with Crippen molar-refractivity contribution in [3.8, 4) is 11.6 Å². The van der Waals surface area contributed by atoms with Crippen LogP contribution in [0.5, 0.6) is 11.6 Å². The standard InChI is InChI=1S/C36H47N3O9S/c1-5-23-19-36(23,34(43)38-49(44,45)26-10-11-26)20-30(40)29-17-25-21-39(29)33(42)28(35(2,3)4)18-31(41)47-15-7-6-14-46-24-9-8-22-12-13-37-32(48-25)27(22)16-24/h8-9,12-13,16,23,25-26,28-29H,5-7,10-11,14-15,17-21H2,1-4H3,(H,38,43)/t23-,25+,28+,29?,36+/m0/s1. The van der Waals surface area contributed by atoms with E-state index in [1.807, 2.05) is 52.0 Å². The summed E-state index contributed by atoms with van der Waals surface area (Å²) >= 11 is 0. The van der Waals surface area contributed by atoms with Gasteiger partial charge in [-0.2, -0.15) is 0 Å². The van der Waals surface area contributed by atoms with E-state index in [-0.39, 0.29) is 50.0 Å². The average molecular weight is 698 g/mol. The van der Waals surface area contributed by atoms with Gasteiger partial charge in [-0.3, -0.25) is 23.9 Å². The molecule has 49 heavy (non-hydrogen) atoms. The van der Waals surface area contributed by atoms with Crippen molar-refractivity contribution in [1.82, 2.24) is 14.6 Å². The normalized spacial score (nSPS) is 28.2. The molecule has 2 aromatic rings. The SMILES string of the molecule is CC[C@H]1C[C@]1(CC(=O)C1C[C@@H]2CN1C(=O)[C@H](C(C)(C)C)CC(=O)OCCCCOc1ccc3ccnc(c3c1)O2)C(=O)NS(=O)(=O)C1CC1. The molecule has 1 N–H and O–H groups in total. The molecule has 1 saturated heterocycles. The van der Waals surface area contributed by atoms with Gasteiger partial charge in [0.05, 0.1) is 48.8 Å². The van der Waals surface area contributed by atoms with Gasteiger partial charge < -0.3 is 19.1 Å². The molecule has 2 aliphatic carbocycles. The van der Waals surface area contributed by atoms with Crippen LogP contribution in [0.4, 0.5) is 0 Å². The maximum absolute atomic E-state index is 14.5. The smallest absolute Gasteiger partial charge is 0.306 e. The molecule has 3 fully saturated rings. The van der Waals surface area contributed by atoms with Gasteiger partial charge in [-0.15, -0.1) is 0 Å². The molecule has 4 aliphatic rings. The van der Waals surface area contributed by atoms with Gasteiger partial charge in [0.1, 0.15) is 11.9 Å². The lowest BCUT2D eigenvalue weighted by Gasteiger charge is -2.34. The number of hydrogen-bond donors (Lipinski definition) is 1. The van der Waals surface area contributed by atoms with Gasteiger partial charge in [-0.1, -0.05) is 40.2 Å². The first kappa shape index (κ1) is 35.1. The van der Waals surface area contributed by atoms with Crippen LogP contribution in [0.3, 0.4) is 0 Å². The van der Waals surface area contributed by atoms with Crippen LogP contribution in [0.15, 0.2) is 30.5 Å². The van der Waals surface area contributed by atoms with Crippen molar-refractivity contribution in [2.75, 3.05) is 19.8 Å². The van der Waals surface area contributed by atoms with Crippen molar-refractivity contribution >= 4 is 44.4 Å². The number of ketones is 1. The maximum Gasteiger partial charge on any atom is 0.306 e. The number of rotatable bonds is 7. The molecular formula is C36H47N3O9S. The van der Waals surface area contributed by atoms with Crippen LogP contribution in [0, 0.1) is 22.7 Å². The summed E-state index contributed by atoms with van der Waals surface area (Å²) in [6.07, 6.45) is 4.08. The van der Waals surface area contributed by atoms with E-state index in [0.29, 0.717) is 56.8 Å². The maximum atomic E-state index is 14.5. The van der Waals surface area contributed by atoms with Crippen LogP contribution in [0.1, 0.15) is 85.5 Å². The molecule has 1 aromatic carbocycles. The second-order valence-electron chi connectivity index (χ2n) is 15.2. The number of carbonyl (C=O) groups excluding carboxylic acids is 4. The minimum atomic E-state index is -3.80. The number of Topliss-reactive ketones (excluding diaryl/α,β-unsaturated/α-hetero) is 1. The van der Waals surface area contributed by atoms with Gasteiger partial charge in [0.15, 0.2) is 5.78 Å². The molecule has 6 rings (SSSR count). The molecule has 5 atom stereocenters. The summed E-state index contributed by atoms with van der Waals surface area (Å²) < 4.78 is 45.6. The summed E-state index contributed by atoms with van der Waals surface area (Å²) in [7, 11) is -3.80. The summed E-state index contributed by atoms with van der Waals surface area (Å²) in [5, 5.41) is 1.04. The number of benzene rings is 1. The lowest BCUT2D eigenvalue weighted by molar-refractivity contribution is -0.153. The molecule has 2 saturated carbocycles. The van der Waals surface area contributed by atoms with Crippen molar-refractivity contribution in [1.29, 1.82) is 0 Å². The largest absolute Gasteiger partial charge is 0.494 e. The molecule has 12 nitrogen and oxygen atoms in total. The molecule has 2 aliphatic heterocycles. The molecule has 2 amide bonds. The van der Waals surface area contributed by atoms with Crippen LogP contribution in [-0.4, -0.2) is 79.0 Å².